The summed E-state index contributed by atoms with van der Waals surface area (Å²) >= 11 is 1.29. The van der Waals surface area contributed by atoms with Gasteiger partial charge in [-0.15, -0.1) is 11.3 Å². The van der Waals surface area contributed by atoms with Gasteiger partial charge in [0.25, 0.3) is 5.91 Å². The van der Waals surface area contributed by atoms with Gasteiger partial charge in [-0.2, -0.15) is 8.78 Å². The average Bonchev–Trinajstić information content (AvgIpc) is 3.07. The van der Waals surface area contributed by atoms with Gasteiger partial charge in [0.1, 0.15) is 5.75 Å². The molecule has 0 aliphatic carbocycles. The molecule has 1 heterocycles. The normalized spacial score (nSPS) is 10.7. The second-order valence-corrected chi connectivity index (χ2v) is 7.05. The van der Waals surface area contributed by atoms with E-state index in [0.717, 1.165) is 4.88 Å². The van der Waals surface area contributed by atoms with E-state index in [-0.39, 0.29) is 11.7 Å². The number of aryl methyl sites for hydroxylation is 1. The van der Waals surface area contributed by atoms with Crippen LogP contribution in [0, 0.1) is 6.92 Å². The lowest BCUT2D eigenvalue weighted by molar-refractivity contribution is -0.0498. The number of esters is 1. The Morgan fingerprint density at radius 2 is 1.66 bits per heavy atom. The number of rotatable bonds is 6. The van der Waals surface area contributed by atoms with Gasteiger partial charge in [-0.3, -0.25) is 10.1 Å². The van der Waals surface area contributed by atoms with E-state index in [1.807, 2.05) is 6.92 Å². The van der Waals surface area contributed by atoms with E-state index in [1.54, 1.807) is 12.1 Å². The predicted molar refractivity (Wildman–Crippen MR) is 105 cm³/mol. The van der Waals surface area contributed by atoms with E-state index in [9.17, 15) is 18.4 Å². The molecule has 2 aromatic carbocycles. The first kappa shape index (κ1) is 20.4. The third kappa shape index (κ3) is 4.94. The molecule has 0 aliphatic heterocycles. The smallest absolute Gasteiger partial charge is 0.387 e. The molecule has 6 nitrogen and oxygen atoms in total. The van der Waals surface area contributed by atoms with E-state index in [2.05, 4.69) is 19.8 Å². The molecule has 3 aromatic rings. The minimum absolute atomic E-state index is 0.0561. The summed E-state index contributed by atoms with van der Waals surface area (Å²) in [4.78, 5) is 29.1. The van der Waals surface area contributed by atoms with Crippen LogP contribution in [-0.4, -0.2) is 30.6 Å². The summed E-state index contributed by atoms with van der Waals surface area (Å²) in [5.74, 6) is -0.801. The molecular weight excluding hydrogens is 402 g/mol. The highest BCUT2D eigenvalue weighted by Gasteiger charge is 2.14. The van der Waals surface area contributed by atoms with Crippen molar-refractivity contribution in [3.05, 3.63) is 64.5 Å². The van der Waals surface area contributed by atoms with Gasteiger partial charge in [0, 0.05) is 16.0 Å². The van der Waals surface area contributed by atoms with E-state index >= 15 is 0 Å². The molecular formula is C20H16F2N2O4S. The van der Waals surface area contributed by atoms with Gasteiger partial charge in [0.2, 0.25) is 0 Å². The summed E-state index contributed by atoms with van der Waals surface area (Å²) in [5, 5.41) is 3.11. The van der Waals surface area contributed by atoms with Gasteiger partial charge in [0.05, 0.1) is 18.4 Å². The number of methoxy groups -OCH3 is 1. The quantitative estimate of drug-likeness (QED) is 0.584. The number of aromatic nitrogens is 1. The molecule has 0 radical (unpaired) electrons. The minimum Gasteiger partial charge on any atom is -0.465 e. The van der Waals surface area contributed by atoms with Crippen LogP contribution in [-0.2, 0) is 4.74 Å². The largest absolute Gasteiger partial charge is 0.465 e. The zero-order valence-electron chi connectivity index (χ0n) is 15.4. The van der Waals surface area contributed by atoms with Crippen LogP contribution in [0.4, 0.5) is 13.9 Å². The molecule has 29 heavy (non-hydrogen) atoms. The number of nitrogens with zero attached hydrogens (tertiary/aromatic N) is 1. The van der Waals surface area contributed by atoms with Crippen molar-refractivity contribution in [2.75, 3.05) is 12.4 Å². The molecule has 150 valence electrons. The molecule has 1 aromatic heterocycles. The van der Waals surface area contributed by atoms with Crippen molar-refractivity contribution in [3.63, 3.8) is 0 Å². The molecule has 0 aliphatic rings. The predicted octanol–water partition coefficient (Wildman–Crippen LogP) is 4.76. The van der Waals surface area contributed by atoms with Crippen molar-refractivity contribution < 1.29 is 27.8 Å². The van der Waals surface area contributed by atoms with Crippen LogP contribution in [0.2, 0.25) is 0 Å². The number of halogens is 2. The molecule has 0 fully saturated rings. The van der Waals surface area contributed by atoms with Crippen molar-refractivity contribution >= 4 is 28.3 Å². The Morgan fingerprint density at radius 1 is 1.03 bits per heavy atom. The van der Waals surface area contributed by atoms with Crippen molar-refractivity contribution in [2.24, 2.45) is 0 Å². The van der Waals surface area contributed by atoms with Gasteiger partial charge < -0.3 is 9.47 Å². The zero-order valence-corrected chi connectivity index (χ0v) is 16.3. The highest BCUT2D eigenvalue weighted by molar-refractivity contribution is 7.16. The minimum atomic E-state index is -2.88. The Labute approximate surface area is 169 Å². The monoisotopic (exact) mass is 418 g/mol. The third-order valence-electron chi connectivity index (χ3n) is 3.94. The summed E-state index contributed by atoms with van der Waals surface area (Å²) in [6.07, 6.45) is 0. The lowest BCUT2D eigenvalue weighted by Gasteiger charge is -2.05. The summed E-state index contributed by atoms with van der Waals surface area (Å²) in [6.45, 7) is -1.04. The molecule has 0 saturated heterocycles. The van der Waals surface area contributed by atoms with Crippen LogP contribution in [0.15, 0.2) is 48.5 Å². The average molecular weight is 418 g/mol. The number of anilines is 1. The molecule has 0 atom stereocenters. The highest BCUT2D eigenvalue weighted by Crippen LogP contribution is 2.31. The Kier molecular flexibility index (Phi) is 6.18. The number of carbonyl (C=O) groups is 2. The standard InChI is InChI=1S/C20H16F2N2O4S/c1-11-16(12-7-9-15(10-8-12)28-19(21)22)23-20(29-11)24-17(25)13-3-5-14(6-4-13)18(26)27-2/h3-10,19H,1-2H3,(H,23,24,25). The van der Waals surface area contributed by atoms with Crippen molar-refractivity contribution in [3.8, 4) is 17.0 Å². The number of thiazole rings is 1. The second kappa shape index (κ2) is 8.78. The van der Waals surface area contributed by atoms with Crippen molar-refractivity contribution in [2.45, 2.75) is 13.5 Å². The highest BCUT2D eigenvalue weighted by atomic mass is 32.1. The van der Waals surface area contributed by atoms with Gasteiger partial charge in [-0.05, 0) is 55.5 Å². The number of hydrogen-bond acceptors (Lipinski definition) is 6. The molecule has 0 bridgehead atoms. The van der Waals surface area contributed by atoms with E-state index in [0.29, 0.717) is 27.5 Å². The number of ether oxygens (including phenoxy) is 2. The molecule has 1 N–H and O–H groups in total. The van der Waals surface area contributed by atoms with Crippen LogP contribution in [0.3, 0.4) is 0 Å². The van der Waals surface area contributed by atoms with Crippen LogP contribution < -0.4 is 10.1 Å². The third-order valence-corrected chi connectivity index (χ3v) is 4.82. The topological polar surface area (TPSA) is 77.5 Å². The Balaban J connectivity index is 1.73. The summed E-state index contributed by atoms with van der Waals surface area (Å²) in [6, 6.07) is 12.1. The first-order valence-corrected chi connectivity index (χ1v) is 9.21. The number of alkyl halides is 2. The summed E-state index contributed by atoms with van der Waals surface area (Å²) in [5.41, 5.74) is 2.05. The zero-order chi connectivity index (χ0) is 21.0. The van der Waals surface area contributed by atoms with Crippen LogP contribution >= 0.6 is 11.3 Å². The number of carbonyl (C=O) groups excluding carboxylic acids is 2. The van der Waals surface area contributed by atoms with Crippen LogP contribution in [0.5, 0.6) is 5.75 Å². The molecule has 0 saturated carbocycles. The second-order valence-electron chi connectivity index (χ2n) is 5.85. The molecule has 0 unspecified atom stereocenters. The van der Waals surface area contributed by atoms with Gasteiger partial charge in [-0.25, -0.2) is 9.78 Å². The number of amides is 1. The van der Waals surface area contributed by atoms with Gasteiger partial charge in [-0.1, -0.05) is 0 Å². The van der Waals surface area contributed by atoms with Crippen LogP contribution in [0.25, 0.3) is 11.3 Å². The fraction of sp³-hybridized carbons (Fsp3) is 0.150. The molecule has 9 heteroatoms. The van der Waals surface area contributed by atoms with Crippen molar-refractivity contribution in [1.29, 1.82) is 0 Å². The lowest BCUT2D eigenvalue weighted by Crippen LogP contribution is -2.12. The van der Waals surface area contributed by atoms with Gasteiger partial charge >= 0.3 is 12.6 Å². The van der Waals surface area contributed by atoms with E-state index in [4.69, 9.17) is 0 Å². The maximum Gasteiger partial charge on any atom is 0.387 e. The first-order chi connectivity index (χ1) is 13.9. The van der Waals surface area contributed by atoms with E-state index in [1.165, 1.54) is 54.8 Å². The number of nitrogens with one attached hydrogen (secondary N) is 1. The van der Waals surface area contributed by atoms with Crippen LogP contribution in [0.1, 0.15) is 25.6 Å². The number of benzene rings is 2. The fourth-order valence-electron chi connectivity index (χ4n) is 2.56. The Bertz CT molecular complexity index is 1020. The first-order valence-electron chi connectivity index (χ1n) is 8.40. The fourth-order valence-corrected chi connectivity index (χ4v) is 3.39. The van der Waals surface area contributed by atoms with Crippen molar-refractivity contribution in [1.82, 2.24) is 4.98 Å². The molecule has 1 amide bonds. The Morgan fingerprint density at radius 3 is 2.24 bits per heavy atom. The lowest BCUT2D eigenvalue weighted by atomic mass is 10.1. The summed E-state index contributed by atoms with van der Waals surface area (Å²) < 4.78 is 33.5. The Hall–Kier alpha value is -3.33. The molecule has 3 rings (SSSR count). The SMILES string of the molecule is COC(=O)c1ccc(C(=O)Nc2nc(-c3ccc(OC(F)F)cc3)c(C)s2)cc1. The number of hydrogen-bond donors (Lipinski definition) is 1. The van der Waals surface area contributed by atoms with E-state index < -0.39 is 12.6 Å². The van der Waals surface area contributed by atoms with Gasteiger partial charge in [0.15, 0.2) is 5.13 Å². The maximum atomic E-state index is 12.4. The summed E-state index contributed by atoms with van der Waals surface area (Å²) in [7, 11) is 1.28. The molecule has 0 spiro atoms. The maximum absolute atomic E-state index is 12.4.